The van der Waals surface area contributed by atoms with Gasteiger partial charge < -0.3 is 5.32 Å². The van der Waals surface area contributed by atoms with E-state index in [4.69, 9.17) is 5.26 Å². The first kappa shape index (κ1) is 14.2. The average Bonchev–Trinajstić information content (AvgIpc) is 2.99. The lowest BCUT2D eigenvalue weighted by atomic mass is 10.1. The van der Waals surface area contributed by atoms with E-state index in [-0.39, 0.29) is 11.9 Å². The Morgan fingerprint density at radius 2 is 2.20 bits per heavy atom. The molecule has 0 aliphatic heterocycles. The zero-order valence-electron chi connectivity index (χ0n) is 11.2. The molecule has 1 amide bonds. The molecule has 1 aromatic carbocycles. The number of carbonyl (C=O) groups is 1. The van der Waals surface area contributed by atoms with Crippen molar-refractivity contribution in [3.63, 3.8) is 0 Å². The third-order valence-electron chi connectivity index (χ3n) is 2.94. The van der Waals surface area contributed by atoms with E-state index in [1.165, 1.54) is 0 Å². The molecule has 1 heterocycles. The maximum Gasteiger partial charge on any atom is 0.224 e. The number of rotatable bonds is 5. The van der Waals surface area contributed by atoms with Crippen molar-refractivity contribution in [3.8, 4) is 6.07 Å². The van der Waals surface area contributed by atoms with Gasteiger partial charge in [-0.15, -0.1) is 11.3 Å². The molecule has 1 atom stereocenters. The SMILES string of the molecule is CCC(NC(=O)Cc1ccc(C#N)cc1)c1nccs1. The van der Waals surface area contributed by atoms with E-state index in [1.54, 1.807) is 29.7 Å². The summed E-state index contributed by atoms with van der Waals surface area (Å²) in [5, 5.41) is 14.6. The molecule has 102 valence electrons. The van der Waals surface area contributed by atoms with E-state index >= 15 is 0 Å². The molecule has 5 heteroatoms. The van der Waals surface area contributed by atoms with Gasteiger partial charge in [-0.2, -0.15) is 5.26 Å². The highest BCUT2D eigenvalue weighted by Crippen LogP contribution is 2.18. The van der Waals surface area contributed by atoms with Gasteiger partial charge in [-0.05, 0) is 24.1 Å². The van der Waals surface area contributed by atoms with Gasteiger partial charge in [0.2, 0.25) is 5.91 Å². The zero-order chi connectivity index (χ0) is 14.4. The van der Waals surface area contributed by atoms with E-state index in [1.807, 2.05) is 24.4 Å². The number of nitrogens with zero attached hydrogens (tertiary/aromatic N) is 2. The quantitative estimate of drug-likeness (QED) is 0.918. The lowest BCUT2D eigenvalue weighted by Gasteiger charge is -2.14. The summed E-state index contributed by atoms with van der Waals surface area (Å²) in [7, 11) is 0. The molecular weight excluding hydrogens is 270 g/mol. The van der Waals surface area contributed by atoms with Gasteiger partial charge in [0.05, 0.1) is 24.1 Å². The number of amides is 1. The molecule has 0 radical (unpaired) electrons. The highest BCUT2D eigenvalue weighted by atomic mass is 32.1. The first-order valence-corrected chi connectivity index (χ1v) is 7.28. The maximum absolute atomic E-state index is 12.0. The standard InChI is InChI=1S/C15H15N3OS/c1-2-13(15-17-7-8-20-15)18-14(19)9-11-3-5-12(10-16)6-4-11/h3-8,13H,2,9H2,1H3,(H,18,19). The Labute approximate surface area is 122 Å². The van der Waals surface area contributed by atoms with Gasteiger partial charge in [0, 0.05) is 11.6 Å². The van der Waals surface area contributed by atoms with Crippen LogP contribution in [0.15, 0.2) is 35.8 Å². The molecule has 0 saturated carbocycles. The van der Waals surface area contributed by atoms with Crippen LogP contribution in [0, 0.1) is 11.3 Å². The van der Waals surface area contributed by atoms with Crippen LogP contribution in [-0.2, 0) is 11.2 Å². The van der Waals surface area contributed by atoms with Crippen LogP contribution in [0.5, 0.6) is 0 Å². The Balaban J connectivity index is 1.96. The van der Waals surface area contributed by atoms with Gasteiger partial charge in [-0.1, -0.05) is 19.1 Å². The zero-order valence-corrected chi connectivity index (χ0v) is 12.0. The van der Waals surface area contributed by atoms with Crippen molar-refractivity contribution >= 4 is 17.2 Å². The van der Waals surface area contributed by atoms with Crippen LogP contribution in [0.4, 0.5) is 0 Å². The Morgan fingerprint density at radius 3 is 2.75 bits per heavy atom. The van der Waals surface area contributed by atoms with Crippen molar-refractivity contribution in [1.82, 2.24) is 10.3 Å². The minimum Gasteiger partial charge on any atom is -0.347 e. The van der Waals surface area contributed by atoms with Crippen molar-refractivity contribution in [3.05, 3.63) is 52.0 Å². The second kappa shape index (κ2) is 6.83. The Hall–Kier alpha value is -2.19. The molecule has 0 fully saturated rings. The molecule has 1 N–H and O–H groups in total. The summed E-state index contributed by atoms with van der Waals surface area (Å²) in [4.78, 5) is 16.3. The average molecular weight is 285 g/mol. The second-order valence-electron chi connectivity index (χ2n) is 4.38. The summed E-state index contributed by atoms with van der Waals surface area (Å²) in [5.74, 6) is -0.0308. The van der Waals surface area contributed by atoms with Crippen LogP contribution >= 0.6 is 11.3 Å². The normalized spacial score (nSPS) is 11.6. The number of benzene rings is 1. The molecule has 20 heavy (non-hydrogen) atoms. The summed E-state index contributed by atoms with van der Waals surface area (Å²) >= 11 is 1.55. The second-order valence-corrected chi connectivity index (χ2v) is 5.31. The largest absolute Gasteiger partial charge is 0.347 e. The summed E-state index contributed by atoms with van der Waals surface area (Å²) in [6.45, 7) is 2.02. The number of carbonyl (C=O) groups excluding carboxylic acids is 1. The van der Waals surface area contributed by atoms with Crippen LogP contribution in [0.2, 0.25) is 0 Å². The number of thiazole rings is 1. The molecule has 2 aromatic rings. The fourth-order valence-corrected chi connectivity index (χ4v) is 2.65. The molecule has 0 bridgehead atoms. The molecule has 2 rings (SSSR count). The van der Waals surface area contributed by atoms with Crippen molar-refractivity contribution in [2.45, 2.75) is 25.8 Å². The highest BCUT2D eigenvalue weighted by Gasteiger charge is 2.15. The van der Waals surface area contributed by atoms with E-state index < -0.39 is 0 Å². The van der Waals surface area contributed by atoms with Crippen molar-refractivity contribution in [1.29, 1.82) is 5.26 Å². The topological polar surface area (TPSA) is 65.8 Å². The van der Waals surface area contributed by atoms with E-state index in [0.29, 0.717) is 12.0 Å². The first-order chi connectivity index (χ1) is 9.72. The first-order valence-electron chi connectivity index (χ1n) is 6.40. The third-order valence-corrected chi connectivity index (χ3v) is 3.83. The monoisotopic (exact) mass is 285 g/mol. The number of aromatic nitrogens is 1. The van der Waals surface area contributed by atoms with Crippen molar-refractivity contribution in [2.75, 3.05) is 0 Å². The predicted molar refractivity (Wildman–Crippen MR) is 78.1 cm³/mol. The summed E-state index contributed by atoms with van der Waals surface area (Å²) in [5.41, 5.74) is 1.50. The van der Waals surface area contributed by atoms with Gasteiger partial charge >= 0.3 is 0 Å². The van der Waals surface area contributed by atoms with Crippen LogP contribution in [-0.4, -0.2) is 10.9 Å². The molecule has 0 aliphatic rings. The van der Waals surface area contributed by atoms with Crippen molar-refractivity contribution in [2.24, 2.45) is 0 Å². The van der Waals surface area contributed by atoms with E-state index in [2.05, 4.69) is 16.4 Å². The van der Waals surface area contributed by atoms with E-state index in [9.17, 15) is 4.79 Å². The molecule has 1 unspecified atom stereocenters. The smallest absolute Gasteiger partial charge is 0.224 e. The molecule has 0 saturated heterocycles. The summed E-state index contributed by atoms with van der Waals surface area (Å²) in [6, 6.07) is 9.09. The third kappa shape index (κ3) is 3.65. The Bertz CT molecular complexity index is 599. The summed E-state index contributed by atoms with van der Waals surface area (Å²) < 4.78 is 0. The van der Waals surface area contributed by atoms with Crippen LogP contribution in [0.25, 0.3) is 0 Å². The lowest BCUT2D eigenvalue weighted by molar-refractivity contribution is -0.121. The van der Waals surface area contributed by atoms with E-state index in [0.717, 1.165) is 17.0 Å². The minimum atomic E-state index is -0.0308. The van der Waals surface area contributed by atoms with Gasteiger partial charge in [0.15, 0.2) is 0 Å². The predicted octanol–water partition coefficient (Wildman–Crippen LogP) is 2.82. The Morgan fingerprint density at radius 1 is 1.45 bits per heavy atom. The van der Waals surface area contributed by atoms with Gasteiger partial charge in [0.1, 0.15) is 5.01 Å². The van der Waals surface area contributed by atoms with Crippen molar-refractivity contribution < 1.29 is 4.79 Å². The maximum atomic E-state index is 12.0. The fraction of sp³-hybridized carbons (Fsp3) is 0.267. The molecular formula is C15H15N3OS. The van der Waals surface area contributed by atoms with Gasteiger partial charge in [0.25, 0.3) is 0 Å². The number of nitriles is 1. The van der Waals surface area contributed by atoms with Crippen LogP contribution in [0.3, 0.4) is 0 Å². The minimum absolute atomic E-state index is 0.0270. The summed E-state index contributed by atoms with van der Waals surface area (Å²) in [6.07, 6.45) is 2.87. The molecule has 0 aliphatic carbocycles. The molecule has 4 nitrogen and oxygen atoms in total. The lowest BCUT2D eigenvalue weighted by Crippen LogP contribution is -2.29. The molecule has 0 spiro atoms. The van der Waals surface area contributed by atoms with Gasteiger partial charge in [-0.25, -0.2) is 4.98 Å². The molecule has 1 aromatic heterocycles. The van der Waals surface area contributed by atoms with Crippen LogP contribution < -0.4 is 5.32 Å². The number of hydrogen-bond acceptors (Lipinski definition) is 4. The Kier molecular flexibility index (Phi) is 4.85. The number of hydrogen-bond donors (Lipinski definition) is 1. The highest BCUT2D eigenvalue weighted by molar-refractivity contribution is 7.09. The van der Waals surface area contributed by atoms with Gasteiger partial charge in [-0.3, -0.25) is 4.79 Å². The number of nitrogens with one attached hydrogen (secondary N) is 1. The fourth-order valence-electron chi connectivity index (χ4n) is 1.87. The van der Waals surface area contributed by atoms with Crippen LogP contribution in [0.1, 0.15) is 35.5 Å².